The summed E-state index contributed by atoms with van der Waals surface area (Å²) in [7, 11) is 0. The first-order valence-electron chi connectivity index (χ1n) is 8.87. The molecule has 7 nitrogen and oxygen atoms in total. The molecule has 0 unspecified atom stereocenters. The third-order valence-corrected chi connectivity index (χ3v) is 5.53. The second-order valence-corrected chi connectivity index (χ2v) is 7.44. The van der Waals surface area contributed by atoms with E-state index in [4.69, 9.17) is 0 Å². The summed E-state index contributed by atoms with van der Waals surface area (Å²) in [5.74, 6) is 0.0269. The first-order chi connectivity index (χ1) is 13.8. The first kappa shape index (κ1) is 19.4. The zero-order valence-electron chi connectivity index (χ0n) is 15.1. The van der Waals surface area contributed by atoms with Crippen molar-refractivity contribution in [2.24, 2.45) is 0 Å². The lowest BCUT2D eigenvalue weighted by molar-refractivity contribution is -0.137. The molecule has 0 saturated carbocycles. The Morgan fingerprint density at radius 2 is 1.90 bits per heavy atom. The van der Waals surface area contributed by atoms with Crippen molar-refractivity contribution < 1.29 is 18.0 Å². The molecule has 4 rings (SSSR count). The average Bonchev–Trinajstić information content (AvgIpc) is 3.05. The molecule has 11 heteroatoms. The van der Waals surface area contributed by atoms with E-state index < -0.39 is 23.2 Å². The zero-order chi connectivity index (χ0) is 20.6. The van der Waals surface area contributed by atoms with Crippen LogP contribution in [0.3, 0.4) is 0 Å². The molecule has 0 aromatic carbocycles. The van der Waals surface area contributed by atoms with Crippen molar-refractivity contribution in [3.63, 3.8) is 0 Å². The number of carbonyl (C=O) groups excluding carboxylic acids is 1. The normalized spacial score (nSPS) is 15.6. The van der Waals surface area contributed by atoms with Gasteiger partial charge in [0.05, 0.1) is 5.56 Å². The molecule has 1 saturated heterocycles. The minimum Gasteiger partial charge on any atom is -0.355 e. The summed E-state index contributed by atoms with van der Waals surface area (Å²) in [6.45, 7) is 1.71. The van der Waals surface area contributed by atoms with Gasteiger partial charge >= 0.3 is 6.18 Å². The Bertz CT molecular complexity index is 1090. The quantitative estimate of drug-likeness (QED) is 0.634. The lowest BCUT2D eigenvalue weighted by Gasteiger charge is -2.23. The molecular weight excluding hydrogens is 407 g/mol. The molecule has 1 fully saturated rings. The molecule has 0 radical (unpaired) electrons. The molecule has 4 heterocycles. The number of hydrogen-bond donors (Lipinski definition) is 0. The van der Waals surface area contributed by atoms with Gasteiger partial charge in [-0.2, -0.15) is 13.2 Å². The van der Waals surface area contributed by atoms with Crippen molar-refractivity contribution in [1.82, 2.24) is 19.3 Å². The van der Waals surface area contributed by atoms with Crippen LogP contribution in [0.2, 0.25) is 0 Å². The van der Waals surface area contributed by atoms with Gasteiger partial charge in [0.25, 0.3) is 11.5 Å². The van der Waals surface area contributed by atoms with E-state index in [0.717, 1.165) is 12.3 Å². The van der Waals surface area contributed by atoms with E-state index in [1.165, 1.54) is 28.0 Å². The number of carbonyl (C=O) groups is 1. The predicted molar refractivity (Wildman–Crippen MR) is 101 cm³/mol. The monoisotopic (exact) mass is 423 g/mol. The van der Waals surface area contributed by atoms with Crippen LogP contribution < -0.4 is 10.5 Å². The number of hydrogen-bond acceptors (Lipinski definition) is 6. The van der Waals surface area contributed by atoms with Crippen LogP contribution in [-0.2, 0) is 6.18 Å². The van der Waals surface area contributed by atoms with E-state index in [0.29, 0.717) is 43.4 Å². The Morgan fingerprint density at radius 3 is 2.62 bits per heavy atom. The highest BCUT2D eigenvalue weighted by Gasteiger charge is 2.31. The standard InChI is InChI=1S/C18H16F3N5O2S/c19-18(20,21)12-2-3-14(22-10-12)24-4-1-5-25(7-6-24)15(27)13-11-23-17-26(16(13)28)8-9-29-17/h2-3,8-11H,1,4-7H2. The highest BCUT2D eigenvalue weighted by atomic mass is 32.1. The van der Waals surface area contributed by atoms with Crippen molar-refractivity contribution in [3.8, 4) is 0 Å². The Labute approximate surface area is 167 Å². The second-order valence-electron chi connectivity index (χ2n) is 6.57. The molecule has 3 aromatic heterocycles. The number of alkyl halides is 3. The summed E-state index contributed by atoms with van der Waals surface area (Å²) < 4.78 is 39.5. The van der Waals surface area contributed by atoms with Crippen LogP contribution >= 0.6 is 11.3 Å². The van der Waals surface area contributed by atoms with Crippen LogP contribution in [0.4, 0.5) is 19.0 Å². The van der Waals surface area contributed by atoms with E-state index in [2.05, 4.69) is 9.97 Å². The maximum atomic E-state index is 12.9. The van der Waals surface area contributed by atoms with Crippen molar-refractivity contribution in [3.05, 3.63) is 57.6 Å². The minimum atomic E-state index is -4.43. The molecule has 0 aliphatic carbocycles. The average molecular weight is 423 g/mol. The van der Waals surface area contributed by atoms with Crippen molar-refractivity contribution in [1.29, 1.82) is 0 Å². The molecule has 3 aromatic rings. The number of anilines is 1. The number of aromatic nitrogens is 3. The number of pyridine rings is 1. The van der Waals surface area contributed by atoms with Crippen LogP contribution in [0.25, 0.3) is 4.96 Å². The molecule has 1 amide bonds. The van der Waals surface area contributed by atoms with Gasteiger partial charge in [-0.05, 0) is 18.6 Å². The number of thiazole rings is 1. The van der Waals surface area contributed by atoms with Gasteiger partial charge in [-0.25, -0.2) is 9.97 Å². The number of fused-ring (bicyclic) bond motifs is 1. The largest absolute Gasteiger partial charge is 0.417 e. The van der Waals surface area contributed by atoms with Crippen molar-refractivity contribution in [2.45, 2.75) is 12.6 Å². The number of halogens is 3. The van der Waals surface area contributed by atoms with Gasteiger partial charge in [0.15, 0.2) is 4.96 Å². The Kier molecular flexibility index (Phi) is 4.99. The van der Waals surface area contributed by atoms with E-state index >= 15 is 0 Å². The fraction of sp³-hybridized carbons (Fsp3) is 0.333. The molecule has 1 aliphatic rings. The van der Waals surface area contributed by atoms with Crippen LogP contribution in [-0.4, -0.2) is 51.4 Å². The SMILES string of the molecule is O=C(c1cnc2sccn2c1=O)N1CCCN(c2ccc(C(F)(F)F)cn2)CC1. The molecule has 0 bridgehead atoms. The van der Waals surface area contributed by atoms with Gasteiger partial charge in [-0.15, -0.1) is 11.3 Å². The van der Waals surface area contributed by atoms with Gasteiger partial charge in [0, 0.05) is 50.1 Å². The lowest BCUT2D eigenvalue weighted by atomic mass is 10.2. The van der Waals surface area contributed by atoms with Gasteiger partial charge in [-0.1, -0.05) is 0 Å². The minimum absolute atomic E-state index is 0.00186. The molecule has 152 valence electrons. The van der Waals surface area contributed by atoms with E-state index in [1.54, 1.807) is 16.5 Å². The number of amides is 1. The number of rotatable bonds is 2. The Balaban J connectivity index is 1.49. The fourth-order valence-corrected chi connectivity index (χ4v) is 3.91. The summed E-state index contributed by atoms with van der Waals surface area (Å²) in [5.41, 5.74) is -1.21. The van der Waals surface area contributed by atoms with Crippen LogP contribution in [0, 0.1) is 0 Å². The first-order valence-corrected chi connectivity index (χ1v) is 9.75. The van der Waals surface area contributed by atoms with Gasteiger partial charge in [-0.3, -0.25) is 14.0 Å². The van der Waals surface area contributed by atoms with Crippen molar-refractivity contribution >= 4 is 28.0 Å². The summed E-state index contributed by atoms with van der Waals surface area (Å²) in [5, 5.41) is 1.72. The molecule has 1 aliphatic heterocycles. The van der Waals surface area contributed by atoms with E-state index in [1.807, 2.05) is 4.90 Å². The highest BCUT2D eigenvalue weighted by Crippen LogP contribution is 2.29. The summed E-state index contributed by atoms with van der Waals surface area (Å²) in [6.07, 6.45) is -0.141. The Morgan fingerprint density at radius 1 is 1.07 bits per heavy atom. The van der Waals surface area contributed by atoms with Gasteiger partial charge in [0.2, 0.25) is 0 Å². The second kappa shape index (κ2) is 7.47. The summed E-state index contributed by atoms with van der Waals surface area (Å²) in [4.78, 5) is 37.4. The summed E-state index contributed by atoms with van der Waals surface area (Å²) >= 11 is 1.30. The van der Waals surface area contributed by atoms with E-state index in [-0.39, 0.29) is 5.56 Å². The molecule has 0 N–H and O–H groups in total. The number of nitrogens with zero attached hydrogens (tertiary/aromatic N) is 5. The lowest BCUT2D eigenvalue weighted by Crippen LogP contribution is -2.38. The molecular formula is C18H16F3N5O2S. The Hall–Kier alpha value is -2.95. The molecule has 29 heavy (non-hydrogen) atoms. The van der Waals surface area contributed by atoms with Crippen LogP contribution in [0.5, 0.6) is 0 Å². The van der Waals surface area contributed by atoms with Crippen molar-refractivity contribution in [2.75, 3.05) is 31.1 Å². The third kappa shape index (κ3) is 3.82. The fourth-order valence-electron chi connectivity index (χ4n) is 3.23. The maximum absolute atomic E-state index is 12.9. The third-order valence-electron chi connectivity index (χ3n) is 4.76. The van der Waals surface area contributed by atoms with Gasteiger partial charge in [0.1, 0.15) is 11.4 Å². The smallest absolute Gasteiger partial charge is 0.355 e. The zero-order valence-corrected chi connectivity index (χ0v) is 15.9. The van der Waals surface area contributed by atoms with E-state index in [9.17, 15) is 22.8 Å². The topological polar surface area (TPSA) is 70.8 Å². The molecule has 0 atom stereocenters. The highest BCUT2D eigenvalue weighted by molar-refractivity contribution is 7.15. The van der Waals surface area contributed by atoms with Gasteiger partial charge < -0.3 is 9.80 Å². The van der Waals surface area contributed by atoms with Crippen LogP contribution in [0.1, 0.15) is 22.3 Å². The summed E-state index contributed by atoms with van der Waals surface area (Å²) in [6, 6.07) is 2.33. The predicted octanol–water partition coefficient (Wildman–Crippen LogP) is 2.52. The molecule has 0 spiro atoms. The maximum Gasteiger partial charge on any atom is 0.417 e. The van der Waals surface area contributed by atoms with Crippen LogP contribution in [0.15, 0.2) is 40.9 Å².